The Labute approximate surface area is 226 Å². The lowest BCUT2D eigenvalue weighted by Gasteiger charge is -2.35. The number of rotatable bonds is 24. The molecule has 0 saturated carbocycles. The largest absolute Gasteiger partial charge is 0.324 e. The molecule has 9 nitrogen and oxygen atoms in total. The quantitative estimate of drug-likeness (QED) is 0.101. The summed E-state index contributed by atoms with van der Waals surface area (Å²) < 4.78 is 76.3. The molecule has 2 unspecified atom stereocenters. The smallest absolute Gasteiger partial charge is 0.267 e. The average Bonchev–Trinajstić information content (AvgIpc) is 2.83. The van der Waals surface area contributed by atoms with Gasteiger partial charge in [0.25, 0.3) is 20.2 Å². The summed E-state index contributed by atoms with van der Waals surface area (Å²) >= 11 is 0. The summed E-state index contributed by atoms with van der Waals surface area (Å²) in [5, 5.41) is 0. The van der Waals surface area contributed by atoms with Gasteiger partial charge in [-0.15, -0.1) is 0 Å². The van der Waals surface area contributed by atoms with Gasteiger partial charge in [0.2, 0.25) is 0 Å². The van der Waals surface area contributed by atoms with Crippen molar-refractivity contribution < 1.29 is 39.4 Å². The Morgan fingerprint density at radius 1 is 0.486 bits per heavy atom. The maximum absolute atomic E-state index is 12.2. The summed E-state index contributed by atoms with van der Waals surface area (Å²) in [5.74, 6) is 0.0283. The third-order valence-electron chi connectivity index (χ3n) is 6.16. The molecule has 0 aromatic rings. The van der Waals surface area contributed by atoms with Crippen LogP contribution in [0.25, 0.3) is 0 Å². The minimum Gasteiger partial charge on any atom is -0.324 e. The third-order valence-corrected chi connectivity index (χ3v) is 8.79. The molecule has 1 aliphatic heterocycles. The fourth-order valence-corrected chi connectivity index (χ4v) is 6.08. The van der Waals surface area contributed by atoms with E-state index in [2.05, 4.69) is 13.8 Å². The Kier molecular flexibility index (Phi) is 19.3. The molecular weight excluding hydrogens is 520 g/mol. The first-order valence-corrected chi connectivity index (χ1v) is 17.6. The Balaban J connectivity index is 2.35. The normalized spacial score (nSPS) is 20.9. The highest BCUT2D eigenvalue weighted by Crippen LogP contribution is 2.23. The predicted molar refractivity (Wildman–Crippen MR) is 145 cm³/mol. The van der Waals surface area contributed by atoms with Crippen LogP contribution in [-0.2, 0) is 42.8 Å². The first-order chi connectivity index (χ1) is 17.7. The van der Waals surface area contributed by atoms with Crippen molar-refractivity contribution >= 4 is 20.2 Å². The lowest BCUT2D eigenvalue weighted by molar-refractivity contribution is -0.386. The standard InChI is InChI=1S/C26H52O9S2/c1-4-7-9-11-13-15-22-36(27,28)31-20-18-25-33-24(17-6-3)34-26(35-25)19-21-32-37(29,30)23-16-14-12-10-8-5-2/h24-26H,4-23H2,1-3H3. The van der Waals surface area contributed by atoms with Gasteiger partial charge in [-0.3, -0.25) is 8.37 Å². The van der Waals surface area contributed by atoms with Gasteiger partial charge in [-0.05, 0) is 19.3 Å². The van der Waals surface area contributed by atoms with Crippen LogP contribution in [0.2, 0.25) is 0 Å². The summed E-state index contributed by atoms with van der Waals surface area (Å²) in [4.78, 5) is 0. The lowest BCUT2D eigenvalue weighted by atomic mass is 10.1. The molecule has 0 N–H and O–H groups in total. The van der Waals surface area contributed by atoms with E-state index in [4.69, 9.17) is 22.6 Å². The molecule has 2 atom stereocenters. The Hall–Kier alpha value is -0.300. The van der Waals surface area contributed by atoms with Crippen LogP contribution in [0.1, 0.15) is 124 Å². The molecule has 0 aromatic carbocycles. The topological polar surface area (TPSA) is 114 Å². The van der Waals surface area contributed by atoms with Crippen molar-refractivity contribution in [3.8, 4) is 0 Å². The first kappa shape index (κ1) is 34.7. The van der Waals surface area contributed by atoms with Crippen LogP contribution in [0.4, 0.5) is 0 Å². The molecule has 0 bridgehead atoms. The van der Waals surface area contributed by atoms with Gasteiger partial charge >= 0.3 is 0 Å². The van der Waals surface area contributed by atoms with Crippen molar-refractivity contribution in [2.24, 2.45) is 0 Å². The van der Waals surface area contributed by atoms with Gasteiger partial charge in [-0.25, -0.2) is 0 Å². The van der Waals surface area contributed by atoms with E-state index in [1.54, 1.807) is 0 Å². The molecule has 222 valence electrons. The second kappa shape index (κ2) is 20.6. The monoisotopic (exact) mass is 572 g/mol. The molecule has 1 fully saturated rings. The summed E-state index contributed by atoms with van der Waals surface area (Å²) in [6.07, 6.45) is 12.0. The highest BCUT2D eigenvalue weighted by molar-refractivity contribution is 7.86. The van der Waals surface area contributed by atoms with E-state index >= 15 is 0 Å². The highest BCUT2D eigenvalue weighted by atomic mass is 32.2. The van der Waals surface area contributed by atoms with Crippen molar-refractivity contribution in [3.63, 3.8) is 0 Å². The van der Waals surface area contributed by atoms with Crippen molar-refractivity contribution in [1.82, 2.24) is 0 Å². The fourth-order valence-electron chi connectivity index (χ4n) is 4.03. The van der Waals surface area contributed by atoms with Crippen molar-refractivity contribution in [1.29, 1.82) is 0 Å². The number of ether oxygens (including phenoxy) is 3. The van der Waals surface area contributed by atoms with Crippen LogP contribution in [0.5, 0.6) is 0 Å². The van der Waals surface area contributed by atoms with Crippen LogP contribution in [-0.4, -0.2) is 60.4 Å². The van der Waals surface area contributed by atoms with Gasteiger partial charge in [0.05, 0.1) is 24.7 Å². The Bertz CT molecular complexity index is 696. The van der Waals surface area contributed by atoms with E-state index in [1.165, 1.54) is 12.8 Å². The van der Waals surface area contributed by atoms with Gasteiger partial charge in [0, 0.05) is 12.8 Å². The van der Waals surface area contributed by atoms with E-state index < -0.39 is 39.1 Å². The Morgan fingerprint density at radius 2 is 0.838 bits per heavy atom. The van der Waals surface area contributed by atoms with Crippen molar-refractivity contribution in [2.75, 3.05) is 24.7 Å². The SMILES string of the molecule is CCCCCCCCS(=O)(=O)OCCC1OC(CCC)OC(CCOS(=O)(=O)CCCCCCCC)O1. The summed E-state index contributed by atoms with van der Waals surface area (Å²) in [6, 6.07) is 0. The molecule has 0 radical (unpaired) electrons. The summed E-state index contributed by atoms with van der Waals surface area (Å²) in [5.41, 5.74) is 0. The fraction of sp³-hybridized carbons (Fsp3) is 1.00. The van der Waals surface area contributed by atoms with E-state index in [-0.39, 0.29) is 37.6 Å². The van der Waals surface area contributed by atoms with Crippen LogP contribution in [0.15, 0.2) is 0 Å². The average molecular weight is 573 g/mol. The maximum atomic E-state index is 12.2. The molecule has 0 aliphatic carbocycles. The second-order valence-electron chi connectivity index (χ2n) is 9.77. The molecule has 0 amide bonds. The Morgan fingerprint density at radius 3 is 1.22 bits per heavy atom. The predicted octanol–water partition coefficient (Wildman–Crippen LogP) is 6.02. The van der Waals surface area contributed by atoms with Crippen LogP contribution in [0, 0.1) is 0 Å². The number of hydrogen-bond acceptors (Lipinski definition) is 9. The second-order valence-corrected chi connectivity index (χ2v) is 13.3. The van der Waals surface area contributed by atoms with Gasteiger partial charge in [-0.2, -0.15) is 16.8 Å². The van der Waals surface area contributed by atoms with Gasteiger partial charge in [0.15, 0.2) is 18.9 Å². The minimum absolute atomic E-state index is 0.0141. The number of unbranched alkanes of at least 4 members (excludes halogenated alkanes) is 10. The van der Waals surface area contributed by atoms with Crippen molar-refractivity contribution in [2.45, 2.75) is 142 Å². The molecular formula is C26H52O9S2. The van der Waals surface area contributed by atoms with Crippen LogP contribution in [0.3, 0.4) is 0 Å². The molecule has 37 heavy (non-hydrogen) atoms. The van der Waals surface area contributed by atoms with Crippen LogP contribution < -0.4 is 0 Å². The van der Waals surface area contributed by atoms with E-state index in [1.807, 2.05) is 6.92 Å². The molecule has 1 saturated heterocycles. The zero-order valence-corrected chi connectivity index (χ0v) is 25.0. The summed E-state index contributed by atoms with van der Waals surface area (Å²) in [7, 11) is -7.17. The first-order valence-electron chi connectivity index (χ1n) is 14.4. The number of hydrogen-bond donors (Lipinski definition) is 0. The summed E-state index contributed by atoms with van der Waals surface area (Å²) in [6.45, 7) is 6.21. The molecule has 1 rings (SSSR count). The zero-order chi connectivity index (χ0) is 27.4. The van der Waals surface area contributed by atoms with E-state index in [9.17, 15) is 16.8 Å². The molecule has 0 spiro atoms. The molecule has 11 heteroatoms. The molecule has 0 aromatic heterocycles. The van der Waals surface area contributed by atoms with Gasteiger partial charge in [0.1, 0.15) is 0 Å². The lowest BCUT2D eigenvalue weighted by Crippen LogP contribution is -2.41. The van der Waals surface area contributed by atoms with Crippen molar-refractivity contribution in [3.05, 3.63) is 0 Å². The molecule has 1 aliphatic rings. The third kappa shape index (κ3) is 18.6. The van der Waals surface area contributed by atoms with Crippen LogP contribution >= 0.6 is 0 Å². The molecule has 1 heterocycles. The minimum atomic E-state index is -3.59. The highest BCUT2D eigenvalue weighted by Gasteiger charge is 2.30. The zero-order valence-electron chi connectivity index (χ0n) is 23.4. The van der Waals surface area contributed by atoms with Gasteiger partial charge in [-0.1, -0.05) is 91.4 Å². The van der Waals surface area contributed by atoms with E-state index in [0.29, 0.717) is 19.3 Å². The maximum Gasteiger partial charge on any atom is 0.267 e. The van der Waals surface area contributed by atoms with Gasteiger partial charge < -0.3 is 14.2 Å². The van der Waals surface area contributed by atoms with E-state index in [0.717, 1.165) is 57.8 Å².